The van der Waals surface area contributed by atoms with Gasteiger partial charge in [-0.05, 0) is 31.5 Å². The average Bonchev–Trinajstić information content (AvgIpc) is 2.31. The Hall–Kier alpha value is -0.620. The maximum absolute atomic E-state index is 11.7. The smallest absolute Gasteiger partial charge is 0.153 e. The summed E-state index contributed by atoms with van der Waals surface area (Å²) in [6.07, 6.45) is 0. The van der Waals surface area contributed by atoms with Gasteiger partial charge in [-0.3, -0.25) is 4.90 Å². The summed E-state index contributed by atoms with van der Waals surface area (Å²) in [5, 5.41) is 0.672. The molecule has 0 radical (unpaired) electrons. The summed E-state index contributed by atoms with van der Waals surface area (Å²) in [5.41, 5.74) is 7.19. The monoisotopic (exact) mass is 316 g/mol. The highest BCUT2D eigenvalue weighted by Crippen LogP contribution is 2.29. The highest BCUT2D eigenvalue weighted by atomic mass is 35.5. The van der Waals surface area contributed by atoms with Gasteiger partial charge in [-0.15, -0.1) is 0 Å². The second-order valence-corrected chi connectivity index (χ2v) is 8.23. The Morgan fingerprint density at radius 1 is 1.45 bits per heavy atom. The van der Waals surface area contributed by atoms with Crippen molar-refractivity contribution in [3.63, 3.8) is 0 Å². The molecular weight excluding hydrogens is 296 g/mol. The Kier molecular flexibility index (Phi) is 4.74. The Morgan fingerprint density at radius 2 is 2.15 bits per heavy atom. The second-order valence-electron chi connectivity index (χ2n) is 5.56. The number of rotatable bonds is 3. The van der Waals surface area contributed by atoms with Gasteiger partial charge in [0.2, 0.25) is 0 Å². The molecule has 0 amide bonds. The lowest BCUT2D eigenvalue weighted by atomic mass is 9.98. The molecule has 2 N–H and O–H groups in total. The van der Waals surface area contributed by atoms with Gasteiger partial charge in [0.25, 0.3) is 0 Å². The molecule has 2 rings (SSSR count). The van der Waals surface area contributed by atoms with E-state index < -0.39 is 9.84 Å². The SMILES string of the molecule is CC(N)C(c1cccc(Cl)c1)N1CCS(=O)(=O)CC1C. The predicted molar refractivity (Wildman–Crippen MR) is 82.7 cm³/mol. The van der Waals surface area contributed by atoms with Crippen LogP contribution in [0.2, 0.25) is 5.02 Å². The van der Waals surface area contributed by atoms with E-state index in [1.807, 2.05) is 38.1 Å². The van der Waals surface area contributed by atoms with Crippen LogP contribution in [-0.2, 0) is 9.84 Å². The van der Waals surface area contributed by atoms with Crippen LogP contribution in [0.5, 0.6) is 0 Å². The van der Waals surface area contributed by atoms with Crippen LogP contribution in [-0.4, -0.2) is 43.5 Å². The fraction of sp³-hybridized carbons (Fsp3) is 0.571. The minimum absolute atomic E-state index is 0.0146. The highest BCUT2D eigenvalue weighted by molar-refractivity contribution is 7.91. The molecule has 0 saturated carbocycles. The van der Waals surface area contributed by atoms with E-state index in [-0.39, 0.29) is 29.6 Å². The molecule has 1 saturated heterocycles. The zero-order valence-electron chi connectivity index (χ0n) is 11.8. The van der Waals surface area contributed by atoms with E-state index in [0.717, 1.165) is 5.56 Å². The molecule has 1 aliphatic rings. The molecule has 1 aliphatic heterocycles. The van der Waals surface area contributed by atoms with E-state index in [0.29, 0.717) is 11.6 Å². The normalized spacial score (nSPS) is 26.1. The molecule has 1 fully saturated rings. The summed E-state index contributed by atoms with van der Waals surface area (Å²) in [6.45, 7) is 4.40. The first kappa shape index (κ1) is 15.8. The zero-order valence-corrected chi connectivity index (χ0v) is 13.4. The molecule has 0 bridgehead atoms. The van der Waals surface area contributed by atoms with Crippen molar-refractivity contribution in [2.75, 3.05) is 18.1 Å². The van der Waals surface area contributed by atoms with Crippen LogP contribution < -0.4 is 5.73 Å². The van der Waals surface area contributed by atoms with Gasteiger partial charge in [-0.2, -0.15) is 0 Å². The van der Waals surface area contributed by atoms with E-state index in [2.05, 4.69) is 4.90 Å². The summed E-state index contributed by atoms with van der Waals surface area (Å²) < 4.78 is 23.4. The van der Waals surface area contributed by atoms with Gasteiger partial charge in [0, 0.05) is 23.7 Å². The van der Waals surface area contributed by atoms with Crippen LogP contribution in [0.15, 0.2) is 24.3 Å². The van der Waals surface area contributed by atoms with Crippen LogP contribution in [0.3, 0.4) is 0 Å². The lowest BCUT2D eigenvalue weighted by Crippen LogP contribution is -2.52. The van der Waals surface area contributed by atoms with Crippen molar-refractivity contribution >= 4 is 21.4 Å². The summed E-state index contributed by atoms with van der Waals surface area (Å²) in [6, 6.07) is 7.48. The Labute approximate surface area is 125 Å². The quantitative estimate of drug-likeness (QED) is 0.924. The molecule has 20 heavy (non-hydrogen) atoms. The molecule has 1 aromatic carbocycles. The minimum Gasteiger partial charge on any atom is -0.326 e. The Morgan fingerprint density at radius 3 is 2.70 bits per heavy atom. The van der Waals surface area contributed by atoms with Crippen molar-refractivity contribution in [3.05, 3.63) is 34.9 Å². The third-order valence-corrected chi connectivity index (χ3v) is 5.80. The highest BCUT2D eigenvalue weighted by Gasteiger charge is 2.34. The number of sulfone groups is 1. The molecule has 1 aromatic rings. The van der Waals surface area contributed by atoms with Crippen molar-refractivity contribution < 1.29 is 8.42 Å². The lowest BCUT2D eigenvalue weighted by Gasteiger charge is -2.41. The maximum Gasteiger partial charge on any atom is 0.153 e. The van der Waals surface area contributed by atoms with Crippen LogP contribution >= 0.6 is 11.6 Å². The third-order valence-electron chi connectivity index (χ3n) is 3.77. The molecule has 4 nitrogen and oxygen atoms in total. The Bertz CT molecular complexity index is 574. The van der Waals surface area contributed by atoms with Crippen molar-refractivity contribution in [2.24, 2.45) is 5.73 Å². The van der Waals surface area contributed by atoms with Gasteiger partial charge in [-0.1, -0.05) is 23.7 Å². The first-order valence-corrected chi connectivity index (χ1v) is 8.97. The van der Waals surface area contributed by atoms with Crippen LogP contribution in [0.25, 0.3) is 0 Å². The Balaban J connectivity index is 2.30. The van der Waals surface area contributed by atoms with Gasteiger partial charge < -0.3 is 5.73 Å². The van der Waals surface area contributed by atoms with Crippen LogP contribution in [0.4, 0.5) is 0 Å². The van der Waals surface area contributed by atoms with Crippen molar-refractivity contribution in [1.82, 2.24) is 4.90 Å². The topological polar surface area (TPSA) is 63.4 Å². The number of benzene rings is 1. The van der Waals surface area contributed by atoms with E-state index >= 15 is 0 Å². The van der Waals surface area contributed by atoms with Gasteiger partial charge in [-0.25, -0.2) is 8.42 Å². The van der Waals surface area contributed by atoms with E-state index in [1.165, 1.54) is 0 Å². The summed E-state index contributed by atoms with van der Waals surface area (Å²) in [5.74, 6) is 0.387. The number of hydrogen-bond acceptors (Lipinski definition) is 4. The molecular formula is C14H21ClN2O2S. The van der Waals surface area contributed by atoms with Crippen molar-refractivity contribution in [1.29, 1.82) is 0 Å². The largest absolute Gasteiger partial charge is 0.326 e. The molecule has 0 aromatic heterocycles. The van der Waals surface area contributed by atoms with Gasteiger partial charge in [0.05, 0.1) is 17.5 Å². The minimum atomic E-state index is -2.92. The standard InChI is InChI=1S/C14H21ClN2O2S/c1-10-9-20(18,19)7-6-17(10)14(11(2)16)12-4-3-5-13(15)8-12/h3-5,8,10-11,14H,6-7,9,16H2,1-2H3. The molecule has 3 unspecified atom stereocenters. The fourth-order valence-corrected chi connectivity index (χ4v) is 4.69. The molecule has 3 atom stereocenters. The van der Waals surface area contributed by atoms with Crippen LogP contribution in [0, 0.1) is 0 Å². The predicted octanol–water partition coefficient (Wildman–Crippen LogP) is 1.85. The van der Waals surface area contributed by atoms with Gasteiger partial charge in [0.1, 0.15) is 0 Å². The first-order chi connectivity index (χ1) is 9.30. The molecule has 0 spiro atoms. The average molecular weight is 317 g/mol. The zero-order chi connectivity index (χ0) is 14.9. The van der Waals surface area contributed by atoms with Crippen molar-refractivity contribution in [2.45, 2.75) is 32.0 Å². The fourth-order valence-electron chi connectivity index (χ4n) is 2.91. The maximum atomic E-state index is 11.7. The van der Waals surface area contributed by atoms with Gasteiger partial charge >= 0.3 is 0 Å². The molecule has 1 heterocycles. The van der Waals surface area contributed by atoms with Crippen molar-refractivity contribution in [3.8, 4) is 0 Å². The summed E-state index contributed by atoms with van der Waals surface area (Å²) >= 11 is 6.06. The number of halogens is 1. The summed E-state index contributed by atoms with van der Waals surface area (Å²) in [4.78, 5) is 2.18. The third kappa shape index (κ3) is 3.52. The number of nitrogens with two attached hydrogens (primary N) is 1. The van der Waals surface area contributed by atoms with E-state index in [4.69, 9.17) is 17.3 Å². The lowest BCUT2D eigenvalue weighted by molar-refractivity contribution is 0.140. The molecule has 112 valence electrons. The molecule has 0 aliphatic carbocycles. The van der Waals surface area contributed by atoms with E-state index in [1.54, 1.807) is 0 Å². The summed E-state index contributed by atoms with van der Waals surface area (Å²) in [7, 11) is -2.92. The second kappa shape index (κ2) is 6.02. The van der Waals surface area contributed by atoms with Crippen LogP contribution in [0.1, 0.15) is 25.5 Å². The molecule has 6 heteroatoms. The van der Waals surface area contributed by atoms with Gasteiger partial charge in [0.15, 0.2) is 9.84 Å². The number of hydrogen-bond donors (Lipinski definition) is 1. The van der Waals surface area contributed by atoms with E-state index in [9.17, 15) is 8.42 Å². The number of nitrogens with zero attached hydrogens (tertiary/aromatic N) is 1. The first-order valence-electron chi connectivity index (χ1n) is 6.77.